The number of para-hydroxylation sites is 4. The van der Waals surface area contributed by atoms with Gasteiger partial charge in [0.2, 0.25) is 0 Å². The first-order valence-electron chi connectivity index (χ1n) is 21.6. The smallest absolute Gasteiger partial charge is 0.417 e. The number of halogens is 6. The van der Waals surface area contributed by atoms with E-state index in [1.165, 1.54) is 12.1 Å². The van der Waals surface area contributed by atoms with Crippen molar-refractivity contribution in [2.75, 3.05) is 0 Å². The summed E-state index contributed by atoms with van der Waals surface area (Å²) in [4.78, 5) is 0. The molecule has 326 valence electrons. The average Bonchev–Trinajstić information content (AvgIpc) is 4.10. The SMILES string of the molecule is N#Cc1ccc(-n2c3ccccc3c3c4oc5ccccc5c4ccc32)cc1-c1cc(-c2c(C(F)(F)F)cccc2C(F)(F)F)ccc1-n1c2ccccc2c2c3oc4ccccc4c3ccc21. The monoisotopic (exact) mass is 901 g/mol. The molecule has 4 aromatic heterocycles. The van der Waals surface area contributed by atoms with Gasteiger partial charge in [0.15, 0.2) is 0 Å². The summed E-state index contributed by atoms with van der Waals surface area (Å²) in [7, 11) is 0. The van der Waals surface area contributed by atoms with E-state index in [-0.39, 0.29) is 22.3 Å². The number of furan rings is 2. The molecule has 0 atom stereocenters. The molecule has 0 aliphatic rings. The van der Waals surface area contributed by atoms with E-state index in [4.69, 9.17) is 8.83 Å². The van der Waals surface area contributed by atoms with E-state index < -0.39 is 29.0 Å². The van der Waals surface area contributed by atoms with Crippen LogP contribution in [0.2, 0.25) is 0 Å². The van der Waals surface area contributed by atoms with Crippen molar-refractivity contribution in [2.45, 2.75) is 12.4 Å². The molecule has 13 rings (SSSR count). The lowest BCUT2D eigenvalue weighted by Gasteiger charge is -2.22. The van der Waals surface area contributed by atoms with Crippen LogP contribution in [0.3, 0.4) is 0 Å². The number of rotatable bonds is 4. The molecule has 5 nitrogen and oxygen atoms in total. The minimum absolute atomic E-state index is 0.146. The van der Waals surface area contributed by atoms with Crippen LogP contribution < -0.4 is 0 Å². The maximum atomic E-state index is 14.9. The Morgan fingerprint density at radius 3 is 1.50 bits per heavy atom. The van der Waals surface area contributed by atoms with Gasteiger partial charge in [-0.1, -0.05) is 84.9 Å². The van der Waals surface area contributed by atoms with Crippen molar-refractivity contribution < 1.29 is 35.2 Å². The van der Waals surface area contributed by atoms with Crippen LogP contribution in [0.4, 0.5) is 26.3 Å². The van der Waals surface area contributed by atoms with Gasteiger partial charge in [0, 0.05) is 54.7 Å². The number of fused-ring (bicyclic) bond motifs is 14. The van der Waals surface area contributed by atoms with E-state index in [1.54, 1.807) is 24.3 Å². The van der Waals surface area contributed by atoms with Crippen molar-refractivity contribution >= 4 is 87.5 Å². The summed E-state index contributed by atoms with van der Waals surface area (Å²) < 4.78 is 106. The molecule has 0 saturated heterocycles. The van der Waals surface area contributed by atoms with Gasteiger partial charge < -0.3 is 18.0 Å². The second kappa shape index (κ2) is 14.1. The third-order valence-electron chi connectivity index (χ3n) is 13.2. The Kier molecular flexibility index (Phi) is 8.23. The van der Waals surface area contributed by atoms with Crippen molar-refractivity contribution in [1.82, 2.24) is 9.13 Å². The molecule has 0 aliphatic carbocycles. The molecule has 0 amide bonds. The third kappa shape index (κ3) is 5.64. The highest BCUT2D eigenvalue weighted by atomic mass is 19.4. The van der Waals surface area contributed by atoms with Crippen molar-refractivity contribution in [3.8, 4) is 39.7 Å². The Balaban J connectivity index is 1.14. The molecule has 11 heteroatoms. The molecule has 0 saturated carbocycles. The van der Waals surface area contributed by atoms with Crippen molar-refractivity contribution in [3.63, 3.8) is 0 Å². The summed E-state index contributed by atoms with van der Waals surface area (Å²) in [5.41, 5.74) is 3.12. The normalized spacial score (nSPS) is 12.5. The van der Waals surface area contributed by atoms with Gasteiger partial charge in [-0.25, -0.2) is 0 Å². The van der Waals surface area contributed by atoms with E-state index in [9.17, 15) is 31.6 Å². The predicted molar refractivity (Wildman–Crippen MR) is 255 cm³/mol. The number of alkyl halides is 6. The minimum atomic E-state index is -5.14. The molecule has 9 aromatic carbocycles. The van der Waals surface area contributed by atoms with Gasteiger partial charge in [0.05, 0.1) is 61.3 Å². The van der Waals surface area contributed by atoms with E-state index >= 15 is 0 Å². The third-order valence-corrected chi connectivity index (χ3v) is 13.2. The molecule has 13 aromatic rings. The second-order valence-electron chi connectivity index (χ2n) is 16.9. The molecule has 0 aliphatic heterocycles. The van der Waals surface area contributed by atoms with Crippen LogP contribution in [-0.4, -0.2) is 9.13 Å². The topological polar surface area (TPSA) is 59.9 Å². The Bertz CT molecular complexity index is 4300. The molecule has 0 unspecified atom stereocenters. The largest absolute Gasteiger partial charge is 0.455 e. The van der Waals surface area contributed by atoms with Crippen molar-refractivity contribution in [3.05, 3.63) is 193 Å². The molecule has 68 heavy (non-hydrogen) atoms. The molecule has 0 fully saturated rings. The fourth-order valence-corrected chi connectivity index (χ4v) is 10.4. The van der Waals surface area contributed by atoms with Gasteiger partial charge in [0.1, 0.15) is 22.3 Å². The molecule has 4 heterocycles. The van der Waals surface area contributed by atoms with Gasteiger partial charge in [-0.3, -0.25) is 0 Å². The van der Waals surface area contributed by atoms with Crippen LogP contribution in [-0.2, 0) is 12.4 Å². The lowest BCUT2D eigenvalue weighted by molar-refractivity contribution is -0.142. The maximum Gasteiger partial charge on any atom is 0.417 e. The van der Waals surface area contributed by atoms with Gasteiger partial charge in [0.25, 0.3) is 0 Å². The quantitative estimate of drug-likeness (QED) is 0.165. The van der Waals surface area contributed by atoms with Gasteiger partial charge in [-0.2, -0.15) is 31.6 Å². The Morgan fingerprint density at radius 2 is 0.941 bits per heavy atom. The summed E-state index contributed by atoms with van der Waals surface area (Å²) >= 11 is 0. The number of hydrogen-bond acceptors (Lipinski definition) is 3. The number of benzene rings is 9. The maximum absolute atomic E-state index is 14.9. The second-order valence-corrected chi connectivity index (χ2v) is 16.9. The van der Waals surface area contributed by atoms with Crippen LogP contribution in [0.25, 0.3) is 121 Å². The molecular weight excluding hydrogens is 873 g/mol. The first kappa shape index (κ1) is 39.6. The summed E-state index contributed by atoms with van der Waals surface area (Å²) in [6.07, 6.45) is -10.3. The lowest BCUT2D eigenvalue weighted by Crippen LogP contribution is -2.14. The van der Waals surface area contributed by atoms with E-state index in [0.29, 0.717) is 51.3 Å². The van der Waals surface area contributed by atoms with Crippen LogP contribution in [0.5, 0.6) is 0 Å². The first-order chi connectivity index (χ1) is 33.0. The van der Waals surface area contributed by atoms with Crippen LogP contribution in [0, 0.1) is 11.3 Å². The van der Waals surface area contributed by atoms with Crippen LogP contribution in [0.15, 0.2) is 185 Å². The van der Waals surface area contributed by atoms with E-state index in [0.717, 1.165) is 65.8 Å². The first-order valence-corrected chi connectivity index (χ1v) is 21.6. The predicted octanol–water partition coefficient (Wildman–Crippen LogP) is 16.9. The standard InChI is InChI=1S/C57H29F6N3O2/c58-56(59,60)42-14-9-15-43(57(61,62)63)51(42)31-21-25-46(66-45-17-6-2-13-39(45)53-48(66)27-24-37-35-11-4-8-19-50(35)68-55(37)53)41(28-31)40-29-33(22-20-32(40)30-64)65-44-16-5-1-12-38(44)52-47(65)26-23-36-34-10-3-7-18-49(34)67-54(36)52/h1-29H. The number of nitriles is 1. The molecule has 0 bridgehead atoms. The fourth-order valence-electron chi connectivity index (χ4n) is 10.4. The minimum Gasteiger partial charge on any atom is -0.455 e. The number of aromatic nitrogens is 2. The zero-order valence-electron chi connectivity index (χ0n) is 35.2. The summed E-state index contributed by atoms with van der Waals surface area (Å²) in [5.74, 6) is 0. The average molecular weight is 902 g/mol. The van der Waals surface area contributed by atoms with Crippen LogP contribution >= 0.6 is 0 Å². The van der Waals surface area contributed by atoms with E-state index in [2.05, 4.69) is 6.07 Å². The molecular formula is C57H29F6N3O2. The van der Waals surface area contributed by atoms with Gasteiger partial charge >= 0.3 is 12.4 Å². The summed E-state index contributed by atoms with van der Waals surface area (Å²) in [6, 6.07) is 52.6. The van der Waals surface area contributed by atoms with Crippen molar-refractivity contribution in [2.24, 2.45) is 0 Å². The summed E-state index contributed by atoms with van der Waals surface area (Å²) in [5, 5.41) is 17.9. The van der Waals surface area contributed by atoms with Crippen LogP contribution in [0.1, 0.15) is 16.7 Å². The Hall–Kier alpha value is -8.75. The highest BCUT2D eigenvalue weighted by molar-refractivity contribution is 6.25. The van der Waals surface area contributed by atoms with Crippen molar-refractivity contribution in [1.29, 1.82) is 5.26 Å². The lowest BCUT2D eigenvalue weighted by atomic mass is 9.89. The molecule has 0 radical (unpaired) electrons. The highest BCUT2D eigenvalue weighted by Gasteiger charge is 2.41. The zero-order chi connectivity index (χ0) is 46.2. The van der Waals surface area contributed by atoms with E-state index in [1.807, 2.05) is 130 Å². The van der Waals surface area contributed by atoms with Gasteiger partial charge in [-0.15, -0.1) is 0 Å². The highest BCUT2D eigenvalue weighted by Crippen LogP contribution is 2.49. The number of hydrogen-bond donors (Lipinski definition) is 0. The Labute approximate surface area is 380 Å². The van der Waals surface area contributed by atoms with Gasteiger partial charge in [-0.05, 0) is 96.6 Å². The molecule has 0 spiro atoms. The number of nitrogens with zero attached hydrogens (tertiary/aromatic N) is 3. The zero-order valence-corrected chi connectivity index (χ0v) is 35.2. The fraction of sp³-hybridized carbons (Fsp3) is 0.0351. The summed E-state index contributed by atoms with van der Waals surface area (Å²) in [6.45, 7) is 0. The Morgan fingerprint density at radius 1 is 0.426 bits per heavy atom. The molecule has 0 N–H and O–H groups in total.